The van der Waals surface area contributed by atoms with E-state index in [1.54, 1.807) is 48.5 Å². The molecule has 1 aromatic heterocycles. The topological polar surface area (TPSA) is 107 Å². The van der Waals surface area contributed by atoms with Gasteiger partial charge in [-0.25, -0.2) is 8.42 Å². The summed E-state index contributed by atoms with van der Waals surface area (Å²) in [6.45, 7) is 2.56. The summed E-state index contributed by atoms with van der Waals surface area (Å²) >= 11 is 0.838. The molecule has 0 bridgehead atoms. The van der Waals surface area contributed by atoms with E-state index in [1.165, 1.54) is 7.11 Å². The van der Waals surface area contributed by atoms with Gasteiger partial charge in [-0.3, -0.25) is 4.79 Å². The van der Waals surface area contributed by atoms with Crippen LogP contribution < -0.4 is 14.8 Å². The number of methoxy groups -OCH3 is 1. The Morgan fingerprint density at radius 3 is 2.43 bits per heavy atom. The van der Waals surface area contributed by atoms with Gasteiger partial charge in [-0.2, -0.15) is 0 Å². The monoisotopic (exact) mass is 447 g/mol. The first-order valence-corrected chi connectivity index (χ1v) is 11.6. The highest BCUT2D eigenvalue weighted by molar-refractivity contribution is 7.92. The lowest BCUT2D eigenvalue weighted by atomic mass is 10.1. The number of amides is 1. The first-order chi connectivity index (χ1) is 14.4. The average molecular weight is 448 g/mol. The first kappa shape index (κ1) is 21.7. The Balaban J connectivity index is 1.70. The largest absolute Gasteiger partial charge is 0.493 e. The normalized spacial score (nSPS) is 11.1. The van der Waals surface area contributed by atoms with Crippen molar-refractivity contribution in [3.8, 4) is 16.7 Å². The van der Waals surface area contributed by atoms with Gasteiger partial charge in [0.1, 0.15) is 0 Å². The molecule has 0 atom stereocenters. The minimum Gasteiger partial charge on any atom is -0.493 e. The summed E-state index contributed by atoms with van der Waals surface area (Å²) in [5.74, 6) is 0.471. The minimum absolute atomic E-state index is 0.0982. The molecule has 0 aliphatic rings. The van der Waals surface area contributed by atoms with E-state index in [4.69, 9.17) is 9.47 Å². The zero-order chi connectivity index (χ0) is 21.6. The zero-order valence-electron chi connectivity index (χ0n) is 16.5. The summed E-state index contributed by atoms with van der Waals surface area (Å²) in [7, 11) is -2.20. The van der Waals surface area contributed by atoms with E-state index in [-0.39, 0.29) is 21.2 Å². The number of nitrogens with zero attached hydrogens (tertiary/aromatic N) is 2. The number of hydrogen-bond acceptors (Lipinski definition) is 8. The fourth-order valence-corrected chi connectivity index (χ4v) is 4.80. The van der Waals surface area contributed by atoms with Crippen LogP contribution in [-0.4, -0.2) is 38.2 Å². The molecule has 3 rings (SSSR count). The standard InChI is InChI=1S/C20H21N3O5S2/c1-3-12-21-18(24)15-10-8-14(9-11-15)13-30(25,26)20-23-22-19(29-20)28-17-7-5-4-6-16(17)27-2/h4-11H,3,12-13H2,1-2H3,(H,21,24). The molecule has 0 radical (unpaired) electrons. The van der Waals surface area contributed by atoms with Gasteiger partial charge in [-0.1, -0.05) is 36.3 Å². The van der Waals surface area contributed by atoms with E-state index in [0.29, 0.717) is 29.2 Å². The van der Waals surface area contributed by atoms with Crippen LogP contribution in [0.1, 0.15) is 29.3 Å². The van der Waals surface area contributed by atoms with Crippen LogP contribution in [-0.2, 0) is 15.6 Å². The lowest BCUT2D eigenvalue weighted by molar-refractivity contribution is 0.0953. The SMILES string of the molecule is CCCNC(=O)c1ccc(CS(=O)(=O)c2nnc(Oc3ccccc3OC)s2)cc1. The van der Waals surface area contributed by atoms with Gasteiger partial charge in [0.05, 0.1) is 12.9 Å². The quantitative estimate of drug-likeness (QED) is 0.535. The third kappa shape index (κ3) is 5.33. The maximum atomic E-state index is 12.7. The Morgan fingerprint density at radius 1 is 1.07 bits per heavy atom. The van der Waals surface area contributed by atoms with Gasteiger partial charge in [0, 0.05) is 12.1 Å². The van der Waals surface area contributed by atoms with Crippen LogP contribution in [0.15, 0.2) is 52.9 Å². The van der Waals surface area contributed by atoms with Crippen molar-refractivity contribution in [2.75, 3.05) is 13.7 Å². The van der Waals surface area contributed by atoms with Gasteiger partial charge < -0.3 is 14.8 Å². The van der Waals surface area contributed by atoms with Crippen LogP contribution in [0.3, 0.4) is 0 Å². The minimum atomic E-state index is -3.71. The summed E-state index contributed by atoms with van der Waals surface area (Å²) in [6.07, 6.45) is 0.840. The lowest BCUT2D eigenvalue weighted by Crippen LogP contribution is -2.23. The van der Waals surface area contributed by atoms with Crippen molar-refractivity contribution in [3.05, 3.63) is 59.7 Å². The predicted octanol–water partition coefficient (Wildman–Crippen LogP) is 3.45. The average Bonchev–Trinajstić information content (AvgIpc) is 3.22. The van der Waals surface area contributed by atoms with Gasteiger partial charge in [0.15, 0.2) is 11.5 Å². The summed E-state index contributed by atoms with van der Waals surface area (Å²) in [6, 6.07) is 13.4. The number of aromatic nitrogens is 2. The molecule has 158 valence electrons. The maximum absolute atomic E-state index is 12.7. The maximum Gasteiger partial charge on any atom is 0.300 e. The number of carbonyl (C=O) groups is 1. The molecule has 8 nitrogen and oxygen atoms in total. The lowest BCUT2D eigenvalue weighted by Gasteiger charge is -2.06. The molecular formula is C20H21N3O5S2. The van der Waals surface area contributed by atoms with Crippen LogP contribution in [0.4, 0.5) is 0 Å². The molecule has 0 fully saturated rings. The number of benzene rings is 2. The second-order valence-corrected chi connectivity index (χ2v) is 9.40. The van der Waals surface area contributed by atoms with E-state index in [2.05, 4.69) is 15.5 Å². The molecule has 0 aliphatic carbocycles. The van der Waals surface area contributed by atoms with Gasteiger partial charge in [0.2, 0.25) is 14.2 Å². The van der Waals surface area contributed by atoms with Gasteiger partial charge in [-0.15, -0.1) is 5.10 Å². The van der Waals surface area contributed by atoms with E-state index >= 15 is 0 Å². The van der Waals surface area contributed by atoms with Crippen LogP contribution in [0.2, 0.25) is 0 Å². The molecule has 2 aromatic carbocycles. The van der Waals surface area contributed by atoms with Crippen molar-refractivity contribution in [3.63, 3.8) is 0 Å². The highest BCUT2D eigenvalue weighted by Gasteiger charge is 2.22. The summed E-state index contributed by atoms with van der Waals surface area (Å²) in [5, 5.41) is 10.5. The van der Waals surface area contributed by atoms with Crippen molar-refractivity contribution in [1.82, 2.24) is 15.5 Å². The summed E-state index contributed by atoms with van der Waals surface area (Å²) in [5.41, 5.74) is 1.03. The zero-order valence-corrected chi connectivity index (χ0v) is 18.1. The molecule has 3 aromatic rings. The smallest absolute Gasteiger partial charge is 0.300 e. The molecule has 10 heteroatoms. The number of ether oxygens (including phenoxy) is 2. The van der Waals surface area contributed by atoms with Crippen molar-refractivity contribution < 1.29 is 22.7 Å². The van der Waals surface area contributed by atoms with Crippen LogP contribution in [0.5, 0.6) is 16.7 Å². The van der Waals surface area contributed by atoms with Crippen molar-refractivity contribution >= 4 is 27.1 Å². The second-order valence-electron chi connectivity index (χ2n) is 6.30. The molecule has 0 saturated heterocycles. The molecule has 1 amide bonds. The molecule has 0 unspecified atom stereocenters. The number of carbonyl (C=O) groups excluding carboxylic acids is 1. The molecule has 0 aliphatic heterocycles. The Labute approximate surface area is 178 Å². The second kappa shape index (κ2) is 9.68. The Hall–Kier alpha value is -2.98. The first-order valence-electron chi connectivity index (χ1n) is 9.17. The summed E-state index contributed by atoms with van der Waals surface area (Å²) in [4.78, 5) is 12.0. The molecule has 0 spiro atoms. The third-order valence-electron chi connectivity index (χ3n) is 4.03. The molecule has 1 heterocycles. The molecular weight excluding hydrogens is 426 g/mol. The van der Waals surface area contributed by atoms with E-state index in [1.807, 2.05) is 6.92 Å². The molecule has 30 heavy (non-hydrogen) atoms. The highest BCUT2D eigenvalue weighted by Crippen LogP contribution is 2.33. The fraction of sp³-hybridized carbons (Fsp3) is 0.250. The number of hydrogen-bond donors (Lipinski definition) is 1. The van der Waals surface area contributed by atoms with Crippen LogP contribution in [0.25, 0.3) is 0 Å². The van der Waals surface area contributed by atoms with Crippen LogP contribution >= 0.6 is 11.3 Å². The predicted molar refractivity (Wildman–Crippen MR) is 113 cm³/mol. The number of para-hydroxylation sites is 2. The van der Waals surface area contributed by atoms with Gasteiger partial charge >= 0.3 is 5.19 Å². The van der Waals surface area contributed by atoms with E-state index in [9.17, 15) is 13.2 Å². The summed E-state index contributed by atoms with van der Waals surface area (Å²) < 4.78 is 36.1. The van der Waals surface area contributed by atoms with Gasteiger partial charge in [-0.05, 0) is 47.6 Å². The van der Waals surface area contributed by atoms with E-state index < -0.39 is 9.84 Å². The number of sulfone groups is 1. The number of nitrogens with one attached hydrogen (secondary N) is 1. The fourth-order valence-electron chi connectivity index (χ4n) is 2.54. The van der Waals surface area contributed by atoms with E-state index in [0.717, 1.165) is 17.8 Å². The Kier molecular flexibility index (Phi) is 7.01. The number of rotatable bonds is 9. The highest BCUT2D eigenvalue weighted by atomic mass is 32.2. The molecule has 0 saturated carbocycles. The van der Waals surface area contributed by atoms with Crippen molar-refractivity contribution in [2.45, 2.75) is 23.4 Å². The Bertz CT molecular complexity index is 1110. The van der Waals surface area contributed by atoms with Crippen LogP contribution in [0, 0.1) is 0 Å². The van der Waals surface area contributed by atoms with Crippen molar-refractivity contribution in [2.24, 2.45) is 0 Å². The molecule has 1 N–H and O–H groups in total. The van der Waals surface area contributed by atoms with Gasteiger partial charge in [0.25, 0.3) is 5.91 Å². The van der Waals surface area contributed by atoms with Crippen molar-refractivity contribution in [1.29, 1.82) is 0 Å². The Morgan fingerprint density at radius 2 is 1.77 bits per heavy atom. The third-order valence-corrected chi connectivity index (χ3v) is 6.96.